The van der Waals surface area contributed by atoms with Crippen molar-refractivity contribution < 1.29 is 31.7 Å². The summed E-state index contributed by atoms with van der Waals surface area (Å²) in [7, 11) is 0.758. The molecule has 1 fully saturated rings. The van der Waals surface area contributed by atoms with E-state index in [9.17, 15) is 26.9 Å². The van der Waals surface area contributed by atoms with Crippen LogP contribution in [0.3, 0.4) is 0 Å². The number of benzene rings is 2. The molecule has 3 aromatic rings. The molecule has 0 aliphatic carbocycles. The number of piperidine rings is 1. The number of amides is 1. The first-order chi connectivity index (χ1) is 18.7. The number of aryl methyl sites for hydroxylation is 1. The normalized spacial score (nSPS) is 18.6. The second kappa shape index (κ2) is 12.1. The van der Waals surface area contributed by atoms with Crippen molar-refractivity contribution in [2.75, 3.05) is 51.2 Å². The van der Waals surface area contributed by atoms with E-state index in [1.807, 2.05) is 11.9 Å². The van der Waals surface area contributed by atoms with E-state index in [2.05, 4.69) is 10.6 Å². The summed E-state index contributed by atoms with van der Waals surface area (Å²) in [6.45, 7) is 4.28. The Balaban J connectivity index is 1.56. The van der Waals surface area contributed by atoms with Gasteiger partial charge in [-0.2, -0.15) is 13.2 Å². The number of ether oxygens (including phenoxy) is 1. The Hall–Kier alpha value is -2.62. The van der Waals surface area contributed by atoms with Gasteiger partial charge in [0.2, 0.25) is 5.91 Å². The van der Waals surface area contributed by atoms with Crippen molar-refractivity contribution in [2.24, 2.45) is 0 Å². The fourth-order valence-electron chi connectivity index (χ4n) is 4.91. The highest BCUT2D eigenvalue weighted by atomic mass is 32.1. The molecule has 1 aliphatic rings. The van der Waals surface area contributed by atoms with Gasteiger partial charge in [0.15, 0.2) is 0 Å². The van der Waals surface area contributed by atoms with Crippen molar-refractivity contribution in [1.29, 1.82) is 0 Å². The summed E-state index contributed by atoms with van der Waals surface area (Å²) in [5.74, 6) is -0.0345. The van der Waals surface area contributed by atoms with Crippen LogP contribution in [0.5, 0.6) is 5.75 Å². The largest absolute Gasteiger partial charge is 0.495 e. The number of rotatable bonds is 9. The minimum atomic E-state index is -4.43. The van der Waals surface area contributed by atoms with Crippen LogP contribution >= 0.6 is 18.5 Å². The Labute approximate surface area is 235 Å². The number of carbonyl (C=O) groups excluding carboxylic acids is 1. The molecular formula is C28H34F4N3O3PS. The number of methoxy groups -OCH3 is 1. The van der Waals surface area contributed by atoms with E-state index in [0.29, 0.717) is 50.4 Å². The maximum atomic E-state index is 14.7. The van der Waals surface area contributed by atoms with Crippen molar-refractivity contribution in [3.63, 3.8) is 0 Å². The van der Waals surface area contributed by atoms with E-state index in [4.69, 9.17) is 4.74 Å². The first kappa shape index (κ1) is 30.3. The average molecular weight is 600 g/mol. The Morgan fingerprint density at radius 1 is 1.20 bits per heavy atom. The molecule has 0 spiro atoms. The highest BCUT2D eigenvalue weighted by Crippen LogP contribution is 2.41. The maximum absolute atomic E-state index is 14.7. The summed E-state index contributed by atoms with van der Waals surface area (Å²) in [6.07, 6.45) is -6.00. The van der Waals surface area contributed by atoms with Crippen LogP contribution in [0.2, 0.25) is 0 Å². The van der Waals surface area contributed by atoms with Gasteiger partial charge in [0.25, 0.3) is 0 Å². The van der Waals surface area contributed by atoms with Crippen molar-refractivity contribution in [3.8, 4) is 5.75 Å². The van der Waals surface area contributed by atoms with Gasteiger partial charge in [-0.25, -0.2) is 4.39 Å². The lowest BCUT2D eigenvalue weighted by Crippen LogP contribution is -2.46. The second-order valence-electron chi connectivity index (χ2n) is 10.6. The van der Waals surface area contributed by atoms with Gasteiger partial charge in [-0.3, -0.25) is 4.79 Å². The molecule has 2 aromatic carbocycles. The van der Waals surface area contributed by atoms with Gasteiger partial charge >= 0.3 is 6.18 Å². The van der Waals surface area contributed by atoms with Crippen molar-refractivity contribution in [1.82, 2.24) is 4.90 Å². The smallest absolute Gasteiger partial charge is 0.393 e. The number of anilines is 2. The van der Waals surface area contributed by atoms with Crippen molar-refractivity contribution >= 4 is 51.2 Å². The monoisotopic (exact) mass is 599 g/mol. The lowest BCUT2D eigenvalue weighted by molar-refractivity contribution is -0.127. The molecule has 1 aliphatic heterocycles. The molecule has 2 atom stereocenters. The molecular weight excluding hydrogens is 565 g/mol. The number of halogens is 4. The first-order valence-corrected chi connectivity index (χ1v) is 16.4. The molecule has 0 unspecified atom stereocenters. The van der Waals surface area contributed by atoms with Crippen LogP contribution in [-0.2, 0) is 22.2 Å². The minimum Gasteiger partial charge on any atom is -0.495 e. The predicted octanol–water partition coefficient (Wildman–Crippen LogP) is 6.29. The van der Waals surface area contributed by atoms with Crippen LogP contribution in [0.1, 0.15) is 23.3 Å². The third-order valence-corrected chi connectivity index (χ3v) is 9.89. The molecule has 0 saturated carbocycles. The Bertz CT molecular complexity index is 1420. The SMILES string of the molecule is COc1cc(P(C)(C)=O)ccc1NC(=O)CCc1sc2c(N[C@@H]3CCN(C)C[C@@H]3F)cccc2c1CC(F)(F)F. The van der Waals surface area contributed by atoms with Gasteiger partial charge in [0.1, 0.15) is 19.1 Å². The number of carbonyl (C=O) groups is 1. The summed E-state index contributed by atoms with van der Waals surface area (Å²) >= 11 is 1.21. The molecule has 40 heavy (non-hydrogen) atoms. The molecule has 1 amide bonds. The fourth-order valence-corrected chi connectivity index (χ4v) is 7.06. The van der Waals surface area contributed by atoms with Crippen molar-refractivity contribution in [2.45, 2.75) is 44.1 Å². The van der Waals surface area contributed by atoms with Crippen molar-refractivity contribution in [3.05, 3.63) is 46.8 Å². The number of fused-ring (bicyclic) bond motifs is 1. The Morgan fingerprint density at radius 3 is 2.60 bits per heavy atom. The molecule has 4 rings (SSSR count). The number of hydrogen-bond donors (Lipinski definition) is 2. The fraction of sp³-hybridized carbons (Fsp3) is 0.464. The predicted molar refractivity (Wildman–Crippen MR) is 155 cm³/mol. The molecule has 6 nitrogen and oxygen atoms in total. The van der Waals surface area contributed by atoms with E-state index in [-0.39, 0.29) is 24.3 Å². The summed E-state index contributed by atoms with van der Waals surface area (Å²) in [5, 5.41) is 7.06. The number of thiophene rings is 1. The summed E-state index contributed by atoms with van der Waals surface area (Å²) in [5.41, 5.74) is 1.14. The van der Waals surface area contributed by atoms with Gasteiger partial charge in [-0.05, 0) is 68.4 Å². The standard InChI is InChI=1S/C28H34F4N3O3PS/c1-35-13-12-21(20(29)16-35)33-23-7-5-6-18-19(15-28(30,31)32)25(40-27(18)23)10-11-26(36)34-22-9-8-17(39(3,4)37)14-24(22)38-2/h5-9,14,20-21,33H,10-13,15-16H2,1-4H3,(H,34,36)/t20-,21+/m0/s1. The molecule has 12 heteroatoms. The molecule has 0 bridgehead atoms. The van der Waals surface area contributed by atoms with Gasteiger partial charge in [-0.1, -0.05) is 12.1 Å². The van der Waals surface area contributed by atoms with Crippen LogP contribution in [0.25, 0.3) is 10.1 Å². The zero-order valence-corrected chi connectivity index (χ0v) is 24.6. The van der Waals surface area contributed by atoms with Crippen LogP contribution in [0.15, 0.2) is 36.4 Å². The first-order valence-electron chi connectivity index (χ1n) is 13.0. The number of alkyl halides is 4. The number of hydrogen-bond acceptors (Lipinski definition) is 6. The Morgan fingerprint density at radius 2 is 1.95 bits per heavy atom. The number of nitrogens with zero attached hydrogens (tertiary/aromatic N) is 1. The van der Waals surface area contributed by atoms with E-state index in [1.54, 1.807) is 49.7 Å². The molecule has 0 radical (unpaired) electrons. The third-order valence-electron chi connectivity index (χ3n) is 7.02. The molecule has 1 aromatic heterocycles. The maximum Gasteiger partial charge on any atom is 0.393 e. The minimum absolute atomic E-state index is 0.0487. The average Bonchev–Trinajstić information content (AvgIpc) is 3.20. The Kier molecular flexibility index (Phi) is 9.17. The van der Waals surface area contributed by atoms with E-state index in [1.165, 1.54) is 18.4 Å². The lowest BCUT2D eigenvalue weighted by Gasteiger charge is -2.33. The summed E-state index contributed by atoms with van der Waals surface area (Å²) < 4.78 is 73.9. The van der Waals surface area contributed by atoms with Gasteiger partial charge in [-0.15, -0.1) is 11.3 Å². The topological polar surface area (TPSA) is 70.7 Å². The zero-order chi connectivity index (χ0) is 29.2. The van der Waals surface area contributed by atoms with E-state index < -0.39 is 32.0 Å². The van der Waals surface area contributed by atoms with Crippen LogP contribution in [0.4, 0.5) is 28.9 Å². The highest BCUT2D eigenvalue weighted by Gasteiger charge is 2.32. The second-order valence-corrected chi connectivity index (χ2v) is 14.9. The zero-order valence-electron chi connectivity index (χ0n) is 22.9. The van der Waals surface area contributed by atoms with Gasteiger partial charge < -0.3 is 24.8 Å². The summed E-state index contributed by atoms with van der Waals surface area (Å²) in [4.78, 5) is 15.2. The van der Waals surface area contributed by atoms with Gasteiger partial charge in [0, 0.05) is 29.7 Å². The third kappa shape index (κ3) is 7.36. The van der Waals surface area contributed by atoms with E-state index >= 15 is 0 Å². The lowest BCUT2D eigenvalue weighted by atomic mass is 10.0. The molecule has 2 heterocycles. The van der Waals surface area contributed by atoms with E-state index in [0.717, 1.165) is 6.54 Å². The number of nitrogens with one attached hydrogen (secondary N) is 2. The van der Waals surface area contributed by atoms with Gasteiger partial charge in [0.05, 0.1) is 35.6 Å². The highest BCUT2D eigenvalue weighted by molar-refractivity contribution is 7.70. The van der Waals surface area contributed by atoms with Crippen LogP contribution in [-0.4, -0.2) is 69.8 Å². The molecule has 218 valence electrons. The van der Waals surface area contributed by atoms with Crippen LogP contribution < -0.4 is 20.7 Å². The van der Waals surface area contributed by atoms with Crippen LogP contribution in [0, 0.1) is 0 Å². The number of likely N-dealkylation sites (tertiary alicyclic amines) is 1. The summed E-state index contributed by atoms with van der Waals surface area (Å²) in [6, 6.07) is 9.55. The molecule has 1 saturated heterocycles. The quantitative estimate of drug-likeness (QED) is 0.224. The molecule has 2 N–H and O–H groups in total.